The van der Waals surface area contributed by atoms with Crippen LogP contribution in [0.4, 0.5) is 0 Å². The average molecular weight is 138 g/mol. The summed E-state index contributed by atoms with van der Waals surface area (Å²) in [5.41, 5.74) is 0.688. The van der Waals surface area contributed by atoms with Crippen LogP contribution < -0.4 is 0 Å². The highest BCUT2D eigenvalue weighted by Gasteiger charge is 1.90. The molecule has 0 bridgehead atoms. The molecule has 0 unspecified atom stereocenters. The normalized spacial score (nSPS) is 7.30. The summed E-state index contributed by atoms with van der Waals surface area (Å²) in [4.78, 5) is 0. The number of aromatic nitrogens is 1. The summed E-state index contributed by atoms with van der Waals surface area (Å²) in [7, 11) is 0. The molecule has 0 aliphatic carbocycles. The number of nitrogens with zero attached hydrogens (tertiary/aromatic N) is 2. The average Bonchev–Trinajstić information content (AvgIpc) is 2.46. The molecule has 0 saturated heterocycles. The molecule has 10 heavy (non-hydrogen) atoms. The summed E-state index contributed by atoms with van der Waals surface area (Å²) in [5, 5.41) is 11.6. The van der Waals surface area contributed by atoms with Crippen LogP contribution in [-0.2, 0) is 6.42 Å². The van der Waals surface area contributed by atoms with Gasteiger partial charge in [0.15, 0.2) is 0 Å². The van der Waals surface area contributed by atoms with Gasteiger partial charge in [-0.15, -0.1) is 0 Å². The fourth-order valence-corrected chi connectivity index (χ4v) is 0.410. The van der Waals surface area contributed by atoms with Gasteiger partial charge in [0, 0.05) is 6.07 Å². The van der Waals surface area contributed by atoms with E-state index in [2.05, 4.69) is 9.68 Å². The van der Waals surface area contributed by atoms with Gasteiger partial charge in [-0.3, -0.25) is 0 Å². The van der Waals surface area contributed by atoms with E-state index in [1.54, 1.807) is 6.07 Å². The lowest BCUT2D eigenvalue weighted by Gasteiger charge is -1.72. The highest BCUT2D eigenvalue weighted by Crippen LogP contribution is 1.92. The first-order chi connectivity index (χ1) is 4.93. The predicted molar refractivity (Wildman–Crippen MR) is 37.2 cm³/mol. The molecule has 0 atom stereocenters. The monoisotopic (exact) mass is 138 g/mol. The molecule has 0 saturated carbocycles. The number of nitriles is 1. The lowest BCUT2D eigenvalue weighted by Crippen LogP contribution is -1.76. The Hall–Kier alpha value is -1.30. The van der Waals surface area contributed by atoms with Crippen LogP contribution in [0.5, 0.6) is 0 Å². The maximum atomic E-state index is 8.11. The summed E-state index contributed by atoms with van der Waals surface area (Å²) in [6.07, 6.45) is 1.78. The fourth-order valence-electron chi connectivity index (χ4n) is 0.410. The van der Waals surface area contributed by atoms with E-state index in [1.807, 2.05) is 19.9 Å². The van der Waals surface area contributed by atoms with Crippen LogP contribution in [0.3, 0.4) is 0 Å². The molecule has 0 aliphatic rings. The fraction of sp³-hybridized carbons (Fsp3) is 0.429. The molecule has 54 valence electrons. The molecule has 1 aromatic rings. The first-order valence-corrected chi connectivity index (χ1v) is 3.19. The second-order valence-electron chi connectivity index (χ2n) is 1.33. The van der Waals surface area contributed by atoms with Crippen molar-refractivity contribution in [2.45, 2.75) is 20.3 Å². The Balaban J connectivity index is 0.000000371. The molecule has 0 N–H and O–H groups in total. The predicted octanol–water partition coefficient (Wildman–Crippen LogP) is 1.77. The lowest BCUT2D eigenvalue weighted by atomic mass is 10.3. The Bertz CT molecular complexity index is 186. The van der Waals surface area contributed by atoms with Crippen LogP contribution in [0.2, 0.25) is 0 Å². The van der Waals surface area contributed by atoms with E-state index in [0.29, 0.717) is 12.1 Å². The molecule has 3 heteroatoms. The third-order valence-corrected chi connectivity index (χ3v) is 0.751. The van der Waals surface area contributed by atoms with E-state index >= 15 is 0 Å². The smallest absolute Gasteiger partial charge is 0.124 e. The molecule has 0 spiro atoms. The van der Waals surface area contributed by atoms with E-state index in [0.717, 1.165) is 0 Å². The van der Waals surface area contributed by atoms with Gasteiger partial charge in [0.2, 0.25) is 0 Å². The molecule has 1 aromatic heterocycles. The van der Waals surface area contributed by atoms with E-state index in [9.17, 15) is 0 Å². The third-order valence-electron chi connectivity index (χ3n) is 0.751. The Labute approximate surface area is 60.3 Å². The second-order valence-corrected chi connectivity index (χ2v) is 1.33. The van der Waals surface area contributed by atoms with Gasteiger partial charge in [-0.05, 0) is 0 Å². The number of hydrogen-bond donors (Lipinski definition) is 0. The van der Waals surface area contributed by atoms with Crippen LogP contribution in [0.1, 0.15) is 19.5 Å². The van der Waals surface area contributed by atoms with Gasteiger partial charge in [0.25, 0.3) is 0 Å². The zero-order valence-electron chi connectivity index (χ0n) is 6.16. The SMILES string of the molecule is CC.N#CCc1ccon1. The number of rotatable bonds is 1. The Morgan fingerprint density at radius 2 is 2.40 bits per heavy atom. The first-order valence-electron chi connectivity index (χ1n) is 3.19. The summed E-state index contributed by atoms with van der Waals surface area (Å²) in [5.74, 6) is 0. The molecule has 0 aromatic carbocycles. The quantitative estimate of drug-likeness (QED) is 0.594. The molecule has 0 fully saturated rings. The van der Waals surface area contributed by atoms with Gasteiger partial charge >= 0.3 is 0 Å². The van der Waals surface area contributed by atoms with E-state index in [4.69, 9.17) is 5.26 Å². The maximum absolute atomic E-state index is 8.11. The van der Waals surface area contributed by atoms with Gasteiger partial charge in [0.1, 0.15) is 6.26 Å². The van der Waals surface area contributed by atoms with Crippen molar-refractivity contribution < 1.29 is 4.52 Å². The van der Waals surface area contributed by atoms with E-state index in [1.165, 1.54) is 6.26 Å². The van der Waals surface area contributed by atoms with E-state index < -0.39 is 0 Å². The van der Waals surface area contributed by atoms with Crippen molar-refractivity contribution in [3.8, 4) is 6.07 Å². The van der Waals surface area contributed by atoms with Gasteiger partial charge in [-0.25, -0.2) is 0 Å². The highest BCUT2D eigenvalue weighted by atomic mass is 16.5. The standard InChI is InChI=1S/C5H4N2O.C2H6/c6-3-1-5-2-4-8-7-5;1-2/h2,4H,1H2;1-2H3. The molecule has 0 aliphatic heterocycles. The minimum Gasteiger partial charge on any atom is -0.364 e. The highest BCUT2D eigenvalue weighted by molar-refractivity contribution is 5.01. The maximum Gasteiger partial charge on any atom is 0.124 e. The van der Waals surface area contributed by atoms with Crippen molar-refractivity contribution in [2.75, 3.05) is 0 Å². The molecule has 3 nitrogen and oxygen atoms in total. The van der Waals surface area contributed by atoms with Crippen LogP contribution in [0.15, 0.2) is 16.9 Å². The van der Waals surface area contributed by atoms with Crippen LogP contribution in [0, 0.1) is 11.3 Å². The minimum absolute atomic E-state index is 0.330. The van der Waals surface area contributed by atoms with Crippen LogP contribution >= 0.6 is 0 Å². The van der Waals surface area contributed by atoms with Crippen molar-refractivity contribution >= 4 is 0 Å². The zero-order chi connectivity index (χ0) is 7.82. The van der Waals surface area contributed by atoms with Gasteiger partial charge < -0.3 is 4.52 Å². The Kier molecular flexibility index (Phi) is 5.07. The van der Waals surface area contributed by atoms with Gasteiger partial charge in [-0.2, -0.15) is 5.26 Å². The first kappa shape index (κ1) is 8.70. The molecule has 0 amide bonds. The van der Waals surface area contributed by atoms with Crippen molar-refractivity contribution in [3.05, 3.63) is 18.0 Å². The summed E-state index contributed by atoms with van der Waals surface area (Å²) < 4.78 is 4.47. The lowest BCUT2D eigenvalue weighted by molar-refractivity contribution is 0.413. The molecular weight excluding hydrogens is 128 g/mol. The zero-order valence-corrected chi connectivity index (χ0v) is 6.16. The minimum atomic E-state index is 0.330. The molecule has 1 heterocycles. The largest absolute Gasteiger partial charge is 0.364 e. The summed E-state index contributed by atoms with van der Waals surface area (Å²) in [6, 6.07) is 3.62. The summed E-state index contributed by atoms with van der Waals surface area (Å²) >= 11 is 0. The Morgan fingerprint density at radius 1 is 1.70 bits per heavy atom. The van der Waals surface area contributed by atoms with E-state index in [-0.39, 0.29) is 0 Å². The Morgan fingerprint density at radius 3 is 2.80 bits per heavy atom. The second kappa shape index (κ2) is 5.83. The number of hydrogen-bond acceptors (Lipinski definition) is 3. The van der Waals surface area contributed by atoms with Crippen LogP contribution in [0.25, 0.3) is 0 Å². The molecule has 1 rings (SSSR count). The van der Waals surface area contributed by atoms with Crippen molar-refractivity contribution in [3.63, 3.8) is 0 Å². The van der Waals surface area contributed by atoms with Crippen molar-refractivity contribution in [1.82, 2.24) is 5.16 Å². The van der Waals surface area contributed by atoms with Gasteiger partial charge in [0.05, 0.1) is 18.2 Å². The van der Waals surface area contributed by atoms with Crippen molar-refractivity contribution in [2.24, 2.45) is 0 Å². The summed E-state index contributed by atoms with van der Waals surface area (Å²) in [6.45, 7) is 4.00. The third kappa shape index (κ3) is 2.88. The topological polar surface area (TPSA) is 49.8 Å². The molecular formula is C7H10N2O. The van der Waals surface area contributed by atoms with Crippen LogP contribution in [-0.4, -0.2) is 5.16 Å². The van der Waals surface area contributed by atoms with Gasteiger partial charge in [-0.1, -0.05) is 19.0 Å². The van der Waals surface area contributed by atoms with Crippen molar-refractivity contribution in [1.29, 1.82) is 5.26 Å². The molecule has 0 radical (unpaired) electrons.